The fourth-order valence-corrected chi connectivity index (χ4v) is 4.36. The van der Waals surface area contributed by atoms with Crippen LogP contribution in [0.3, 0.4) is 0 Å². The van der Waals surface area contributed by atoms with Gasteiger partial charge in [0.25, 0.3) is 5.88 Å². The number of likely N-dealkylation sites (N-methyl/N-ethyl adjacent to an activating group) is 1. The quantitative estimate of drug-likeness (QED) is 0.448. The summed E-state index contributed by atoms with van der Waals surface area (Å²) in [6, 6.07) is 13.2. The van der Waals surface area contributed by atoms with E-state index in [9.17, 15) is 9.90 Å². The van der Waals surface area contributed by atoms with Crippen molar-refractivity contribution < 1.29 is 19.2 Å². The van der Waals surface area contributed by atoms with Gasteiger partial charge in [-0.2, -0.15) is 0 Å². The molecule has 31 heavy (non-hydrogen) atoms. The van der Waals surface area contributed by atoms with E-state index in [0.29, 0.717) is 21.8 Å². The number of aromatic hydroxyl groups is 1. The van der Waals surface area contributed by atoms with Crippen molar-refractivity contribution in [1.29, 1.82) is 0 Å². The van der Waals surface area contributed by atoms with Gasteiger partial charge in [-0.1, -0.05) is 35.9 Å². The molecule has 2 N–H and O–H groups in total. The molecule has 5 rings (SSSR count). The van der Waals surface area contributed by atoms with E-state index in [-0.39, 0.29) is 23.1 Å². The summed E-state index contributed by atoms with van der Waals surface area (Å²) in [7, 11) is 3.54. The Kier molecular flexibility index (Phi) is 4.72. The van der Waals surface area contributed by atoms with Crippen molar-refractivity contribution in [2.24, 2.45) is 0 Å². The van der Waals surface area contributed by atoms with E-state index < -0.39 is 5.78 Å². The minimum absolute atomic E-state index is 0.0284. The third kappa shape index (κ3) is 3.36. The Morgan fingerprint density at radius 2 is 2.00 bits per heavy atom. The molecule has 1 saturated heterocycles. The average Bonchev–Trinajstić information content (AvgIpc) is 3.34. The number of benzene rings is 2. The Morgan fingerprint density at radius 1 is 1.26 bits per heavy atom. The molecule has 0 aliphatic carbocycles. The van der Waals surface area contributed by atoms with E-state index in [2.05, 4.69) is 34.2 Å². The SMILES string of the molecule is COc1cc(C(=O)c2c(O)[nH]c3cc(Cl)c(-c4ccc(C5CN(C)C5)cc4)cc23)on1. The van der Waals surface area contributed by atoms with E-state index in [1.54, 1.807) is 12.1 Å². The summed E-state index contributed by atoms with van der Waals surface area (Å²) in [5.74, 6) is -0.0458. The predicted octanol–water partition coefficient (Wildman–Crippen LogP) is 4.45. The molecule has 1 fully saturated rings. The van der Waals surface area contributed by atoms with Gasteiger partial charge in [-0.05, 0) is 35.5 Å². The number of halogens is 1. The van der Waals surface area contributed by atoms with Gasteiger partial charge in [-0.25, -0.2) is 0 Å². The molecule has 0 radical (unpaired) electrons. The van der Waals surface area contributed by atoms with Gasteiger partial charge in [0.2, 0.25) is 17.4 Å². The smallest absolute Gasteiger partial charge is 0.254 e. The van der Waals surface area contributed by atoms with Crippen molar-refractivity contribution in [2.45, 2.75) is 5.92 Å². The number of hydrogen-bond acceptors (Lipinski definition) is 6. The second-order valence-corrected chi connectivity index (χ2v) is 8.24. The first-order valence-electron chi connectivity index (χ1n) is 9.83. The van der Waals surface area contributed by atoms with E-state index in [1.807, 2.05) is 12.1 Å². The van der Waals surface area contributed by atoms with E-state index in [4.69, 9.17) is 20.9 Å². The maximum atomic E-state index is 13.0. The molecule has 0 amide bonds. The van der Waals surface area contributed by atoms with Crippen LogP contribution in [0.1, 0.15) is 27.6 Å². The van der Waals surface area contributed by atoms with Crippen LogP contribution in [0, 0.1) is 0 Å². The standard InChI is InChI=1S/C23H20ClN3O4/c1-27-10-14(11-27)12-3-5-13(6-4-12)15-7-16-18(8-17(15)24)25-23(29)21(16)22(28)19-9-20(30-2)26-31-19/h3-9,14,25,29H,10-11H2,1-2H3. The van der Waals surface area contributed by atoms with Gasteiger partial charge in [0.05, 0.1) is 29.3 Å². The molecular formula is C23H20ClN3O4. The highest BCUT2D eigenvalue weighted by Crippen LogP contribution is 2.38. The van der Waals surface area contributed by atoms with Crippen molar-refractivity contribution in [3.8, 4) is 22.9 Å². The first kappa shape index (κ1) is 19.7. The molecule has 3 heterocycles. The van der Waals surface area contributed by atoms with Gasteiger partial charge in [0.15, 0.2) is 0 Å². The lowest BCUT2D eigenvalue weighted by Crippen LogP contribution is -2.41. The van der Waals surface area contributed by atoms with E-state index >= 15 is 0 Å². The lowest BCUT2D eigenvalue weighted by atomic mass is 9.90. The molecule has 2 aromatic heterocycles. The number of ether oxygens (including phenoxy) is 1. The van der Waals surface area contributed by atoms with Crippen LogP contribution in [-0.2, 0) is 0 Å². The maximum absolute atomic E-state index is 13.0. The number of rotatable bonds is 5. The zero-order valence-corrected chi connectivity index (χ0v) is 17.7. The van der Waals surface area contributed by atoms with Crippen LogP contribution in [0.15, 0.2) is 47.0 Å². The van der Waals surface area contributed by atoms with Gasteiger partial charge in [0.1, 0.15) is 0 Å². The number of hydrogen-bond donors (Lipinski definition) is 2. The second kappa shape index (κ2) is 7.44. The summed E-state index contributed by atoms with van der Waals surface area (Å²) in [5, 5.41) is 15.1. The third-order valence-electron chi connectivity index (χ3n) is 5.77. The molecule has 0 spiro atoms. The molecule has 158 valence electrons. The summed E-state index contributed by atoms with van der Waals surface area (Å²) in [6.07, 6.45) is 0. The highest BCUT2D eigenvalue weighted by atomic mass is 35.5. The number of carbonyl (C=O) groups excluding carboxylic acids is 1. The normalized spacial score (nSPS) is 14.7. The minimum atomic E-state index is -0.503. The van der Waals surface area contributed by atoms with Gasteiger partial charge in [-0.15, -0.1) is 0 Å². The molecule has 0 unspecified atom stereocenters. The van der Waals surface area contributed by atoms with Crippen LogP contribution < -0.4 is 4.74 Å². The maximum Gasteiger partial charge on any atom is 0.254 e. The fraction of sp³-hybridized carbons (Fsp3) is 0.217. The van der Waals surface area contributed by atoms with Crippen LogP contribution in [0.2, 0.25) is 5.02 Å². The molecule has 1 aliphatic rings. The molecule has 1 aliphatic heterocycles. The number of nitrogens with zero attached hydrogens (tertiary/aromatic N) is 2. The molecule has 0 bridgehead atoms. The zero-order valence-electron chi connectivity index (χ0n) is 17.0. The second-order valence-electron chi connectivity index (χ2n) is 7.83. The summed E-state index contributed by atoms with van der Waals surface area (Å²) in [5.41, 5.74) is 3.66. The lowest BCUT2D eigenvalue weighted by molar-refractivity contribution is 0.0999. The van der Waals surface area contributed by atoms with Crippen molar-refractivity contribution in [1.82, 2.24) is 15.0 Å². The number of likely N-dealkylation sites (tertiary alicyclic amines) is 1. The Morgan fingerprint density at radius 3 is 2.65 bits per heavy atom. The van der Waals surface area contributed by atoms with E-state index in [1.165, 1.54) is 18.7 Å². The highest BCUT2D eigenvalue weighted by Gasteiger charge is 2.26. The highest BCUT2D eigenvalue weighted by molar-refractivity contribution is 6.34. The average molecular weight is 438 g/mol. The monoisotopic (exact) mass is 437 g/mol. The van der Waals surface area contributed by atoms with Crippen LogP contribution in [-0.4, -0.2) is 53.2 Å². The molecular weight excluding hydrogens is 418 g/mol. The summed E-state index contributed by atoms with van der Waals surface area (Å²) in [4.78, 5) is 18.1. The van der Waals surface area contributed by atoms with Gasteiger partial charge >= 0.3 is 0 Å². The number of nitrogens with one attached hydrogen (secondary N) is 1. The van der Waals surface area contributed by atoms with Gasteiger partial charge in [-0.3, -0.25) is 4.79 Å². The van der Waals surface area contributed by atoms with E-state index in [0.717, 1.165) is 24.2 Å². The van der Waals surface area contributed by atoms with Gasteiger partial charge < -0.3 is 24.3 Å². The number of fused-ring (bicyclic) bond motifs is 1. The third-order valence-corrected chi connectivity index (χ3v) is 6.08. The van der Waals surface area contributed by atoms with Crippen LogP contribution in [0.5, 0.6) is 11.8 Å². The minimum Gasteiger partial charge on any atom is -0.494 e. The summed E-state index contributed by atoms with van der Waals surface area (Å²) >= 11 is 6.54. The number of ketones is 1. The van der Waals surface area contributed by atoms with Crippen LogP contribution in [0.4, 0.5) is 0 Å². The fourth-order valence-electron chi connectivity index (χ4n) is 4.08. The summed E-state index contributed by atoms with van der Waals surface area (Å²) < 4.78 is 10.0. The molecule has 2 aromatic carbocycles. The summed E-state index contributed by atoms with van der Waals surface area (Å²) in [6.45, 7) is 2.12. The number of methoxy groups -OCH3 is 1. The number of aromatic amines is 1. The lowest BCUT2D eigenvalue weighted by Gasteiger charge is -2.36. The van der Waals surface area contributed by atoms with Crippen molar-refractivity contribution in [3.63, 3.8) is 0 Å². The van der Waals surface area contributed by atoms with Gasteiger partial charge in [0, 0.05) is 30.0 Å². The predicted molar refractivity (Wildman–Crippen MR) is 117 cm³/mol. The molecule has 0 atom stereocenters. The number of aromatic nitrogens is 2. The Bertz CT molecular complexity index is 1290. The zero-order chi connectivity index (χ0) is 21.7. The molecule has 0 saturated carbocycles. The topological polar surface area (TPSA) is 91.6 Å². The van der Waals surface area contributed by atoms with Crippen LogP contribution in [0.25, 0.3) is 22.0 Å². The van der Waals surface area contributed by atoms with Crippen LogP contribution >= 0.6 is 11.6 Å². The first-order valence-corrected chi connectivity index (χ1v) is 10.2. The van der Waals surface area contributed by atoms with Crippen molar-refractivity contribution in [3.05, 3.63) is 64.4 Å². The molecule has 7 nitrogen and oxygen atoms in total. The number of H-pyrrole nitrogens is 1. The van der Waals surface area contributed by atoms with Crippen molar-refractivity contribution >= 4 is 28.3 Å². The number of carbonyl (C=O) groups is 1. The Hall–Kier alpha value is -3.29. The first-order chi connectivity index (χ1) is 14.9. The molecule has 4 aromatic rings. The van der Waals surface area contributed by atoms with Crippen molar-refractivity contribution in [2.75, 3.05) is 27.2 Å². The Balaban J connectivity index is 1.55. The Labute approximate surface area is 183 Å². The largest absolute Gasteiger partial charge is 0.494 e. The molecule has 8 heteroatoms.